The Hall–Kier alpha value is -2.38. The van der Waals surface area contributed by atoms with E-state index in [9.17, 15) is 10.1 Å². The van der Waals surface area contributed by atoms with Crippen LogP contribution in [0.25, 0.3) is 0 Å². The zero-order valence-corrected chi connectivity index (χ0v) is 18.6. The highest BCUT2D eigenvalue weighted by molar-refractivity contribution is 7.13. The molecule has 3 rings (SSSR count). The number of rotatable bonds is 11. The summed E-state index contributed by atoms with van der Waals surface area (Å²) in [5.74, 6) is -0.199. The number of nitrogens with zero attached hydrogens (tertiary/aromatic N) is 1. The maximum atomic E-state index is 11.1. The van der Waals surface area contributed by atoms with Gasteiger partial charge in [0, 0.05) is 16.4 Å². The summed E-state index contributed by atoms with van der Waals surface area (Å²) in [6, 6.07) is 15.0. The highest BCUT2D eigenvalue weighted by Crippen LogP contribution is 2.42. The predicted molar refractivity (Wildman–Crippen MR) is 123 cm³/mol. The number of aryl methyl sites for hydroxylation is 2. The zero-order chi connectivity index (χ0) is 21.3. The fourth-order valence-corrected chi connectivity index (χ4v) is 5.35. The number of hydrogen-bond acceptors (Lipinski definition) is 3. The van der Waals surface area contributed by atoms with Crippen LogP contribution in [0.4, 0.5) is 0 Å². The number of carboxylic acid groups (broad SMARTS) is 1. The zero-order valence-electron chi connectivity index (χ0n) is 17.8. The highest BCUT2D eigenvalue weighted by atomic mass is 32.1. The summed E-state index contributed by atoms with van der Waals surface area (Å²) in [7, 11) is 0. The number of carbonyl (C=O) groups is 1. The molecule has 1 aromatic heterocycles. The molecular weight excluding hydrogens is 390 g/mol. The summed E-state index contributed by atoms with van der Waals surface area (Å²) < 4.78 is 0. The molecule has 0 radical (unpaired) electrons. The topological polar surface area (TPSA) is 61.1 Å². The van der Waals surface area contributed by atoms with Crippen LogP contribution in [0.15, 0.2) is 48.0 Å². The van der Waals surface area contributed by atoms with Crippen molar-refractivity contribution >= 4 is 17.3 Å². The molecule has 2 atom stereocenters. The van der Waals surface area contributed by atoms with E-state index in [0.717, 1.165) is 42.6 Å². The van der Waals surface area contributed by atoms with Gasteiger partial charge in [-0.3, -0.25) is 0 Å². The number of unbranched alkanes of at least 4 members (excludes halogenated alkanes) is 3. The second-order valence-corrected chi connectivity index (χ2v) is 9.43. The van der Waals surface area contributed by atoms with Crippen molar-refractivity contribution in [1.82, 2.24) is 0 Å². The van der Waals surface area contributed by atoms with Crippen molar-refractivity contribution in [1.29, 1.82) is 5.26 Å². The summed E-state index contributed by atoms with van der Waals surface area (Å²) in [6.07, 6.45) is 12.3. The van der Waals surface area contributed by atoms with Crippen LogP contribution >= 0.6 is 11.3 Å². The number of allylic oxidation sites excluding steroid dienone is 2. The van der Waals surface area contributed by atoms with E-state index >= 15 is 0 Å². The van der Waals surface area contributed by atoms with E-state index in [1.807, 2.05) is 6.07 Å². The lowest BCUT2D eigenvalue weighted by molar-refractivity contribution is 0.0702. The first-order valence-electron chi connectivity index (χ1n) is 11.1. The summed E-state index contributed by atoms with van der Waals surface area (Å²) in [6.45, 7) is 2.24. The molecule has 1 N–H and O–H groups in total. The Morgan fingerprint density at radius 1 is 1.10 bits per heavy atom. The number of aromatic carboxylic acids is 1. The average Bonchev–Trinajstić information content (AvgIpc) is 3.39. The minimum Gasteiger partial charge on any atom is -0.477 e. The molecule has 1 aliphatic rings. The van der Waals surface area contributed by atoms with E-state index in [-0.39, 0.29) is 5.92 Å². The maximum absolute atomic E-state index is 11.1. The van der Waals surface area contributed by atoms with E-state index in [4.69, 9.17) is 5.11 Å². The summed E-state index contributed by atoms with van der Waals surface area (Å²) >= 11 is 1.37. The average molecular weight is 422 g/mol. The first-order valence-corrected chi connectivity index (χ1v) is 11.9. The quantitative estimate of drug-likeness (QED) is 0.392. The Morgan fingerprint density at radius 3 is 2.57 bits per heavy atom. The molecule has 0 amide bonds. The Labute approximate surface area is 184 Å². The third-order valence-corrected chi connectivity index (χ3v) is 7.24. The van der Waals surface area contributed by atoms with E-state index in [1.165, 1.54) is 48.1 Å². The summed E-state index contributed by atoms with van der Waals surface area (Å²) in [5, 5.41) is 18.7. The predicted octanol–water partition coefficient (Wildman–Crippen LogP) is 7.15. The van der Waals surface area contributed by atoms with Crippen LogP contribution in [0.3, 0.4) is 0 Å². The fraction of sp³-hybridized carbons (Fsp3) is 0.462. The van der Waals surface area contributed by atoms with Crippen molar-refractivity contribution in [2.45, 2.75) is 70.6 Å². The van der Waals surface area contributed by atoms with E-state index in [0.29, 0.717) is 10.8 Å². The lowest BCUT2D eigenvalue weighted by atomic mass is 9.82. The molecule has 0 saturated carbocycles. The van der Waals surface area contributed by atoms with E-state index in [2.05, 4.69) is 43.3 Å². The maximum Gasteiger partial charge on any atom is 0.345 e. The van der Waals surface area contributed by atoms with Gasteiger partial charge in [0.05, 0.1) is 6.07 Å². The van der Waals surface area contributed by atoms with Gasteiger partial charge in [-0.15, -0.1) is 11.3 Å². The lowest BCUT2D eigenvalue weighted by Crippen LogP contribution is -2.10. The van der Waals surface area contributed by atoms with Gasteiger partial charge in [-0.05, 0) is 67.7 Å². The van der Waals surface area contributed by atoms with Gasteiger partial charge in [-0.2, -0.15) is 5.26 Å². The third kappa shape index (κ3) is 5.83. The molecular formula is C26H31NO2S. The molecule has 0 fully saturated rings. The Bertz CT molecular complexity index is 904. The van der Waals surface area contributed by atoms with Crippen LogP contribution < -0.4 is 0 Å². The van der Waals surface area contributed by atoms with E-state index < -0.39 is 5.97 Å². The van der Waals surface area contributed by atoms with Crippen LogP contribution in [0, 0.1) is 17.2 Å². The Morgan fingerprint density at radius 2 is 1.90 bits per heavy atom. The second kappa shape index (κ2) is 11.1. The highest BCUT2D eigenvalue weighted by Gasteiger charge is 2.30. The second-order valence-electron chi connectivity index (χ2n) is 8.26. The normalized spacial score (nSPS) is 18.2. The van der Waals surface area contributed by atoms with Crippen LogP contribution in [-0.4, -0.2) is 11.1 Å². The van der Waals surface area contributed by atoms with Crippen LogP contribution in [-0.2, 0) is 12.8 Å². The standard InChI is InChI=1S/C26H31NO2S/c1-2-3-4-5-7-19-10-12-21(13-11-19)25-20(14-15-22(25)18-27)8-6-9-23-16-17-24(30-23)26(28)29/h10-13,15-17,20,25H,2-9,14H2,1H3,(H,28,29)/t20-,25-/m0/s1. The van der Waals surface area contributed by atoms with Crippen molar-refractivity contribution in [3.8, 4) is 6.07 Å². The molecule has 0 aliphatic heterocycles. The monoisotopic (exact) mass is 421 g/mol. The summed E-state index contributed by atoms with van der Waals surface area (Å²) in [4.78, 5) is 12.6. The van der Waals surface area contributed by atoms with Crippen molar-refractivity contribution < 1.29 is 9.90 Å². The van der Waals surface area contributed by atoms with Gasteiger partial charge in [0.25, 0.3) is 0 Å². The molecule has 1 aliphatic carbocycles. The molecule has 0 unspecified atom stereocenters. The van der Waals surface area contributed by atoms with Crippen LogP contribution in [0.1, 0.15) is 83.5 Å². The minimum absolute atomic E-state index is 0.196. The number of nitriles is 1. The third-order valence-electron chi connectivity index (χ3n) is 6.10. The van der Waals surface area contributed by atoms with Crippen molar-refractivity contribution in [3.63, 3.8) is 0 Å². The fourth-order valence-electron chi connectivity index (χ4n) is 4.46. The summed E-state index contributed by atoms with van der Waals surface area (Å²) in [5.41, 5.74) is 3.55. The first kappa shape index (κ1) is 22.3. The Balaban J connectivity index is 1.57. The van der Waals surface area contributed by atoms with Crippen molar-refractivity contribution in [2.75, 3.05) is 0 Å². The lowest BCUT2D eigenvalue weighted by Gasteiger charge is -2.21. The molecule has 0 bridgehead atoms. The first-order chi connectivity index (χ1) is 14.6. The van der Waals surface area contributed by atoms with Gasteiger partial charge in [-0.25, -0.2) is 4.79 Å². The van der Waals surface area contributed by atoms with Gasteiger partial charge >= 0.3 is 5.97 Å². The van der Waals surface area contributed by atoms with Gasteiger partial charge < -0.3 is 5.11 Å². The molecule has 1 aromatic carbocycles. The molecule has 0 saturated heterocycles. The van der Waals surface area contributed by atoms with Crippen LogP contribution in [0.2, 0.25) is 0 Å². The van der Waals surface area contributed by atoms with Crippen molar-refractivity contribution in [2.24, 2.45) is 5.92 Å². The molecule has 1 heterocycles. The smallest absolute Gasteiger partial charge is 0.345 e. The molecule has 0 spiro atoms. The minimum atomic E-state index is -0.848. The van der Waals surface area contributed by atoms with Crippen molar-refractivity contribution in [3.05, 3.63) is 68.9 Å². The Kier molecular flexibility index (Phi) is 8.28. The van der Waals surface area contributed by atoms with Gasteiger partial charge in [0.15, 0.2) is 0 Å². The molecule has 4 heteroatoms. The SMILES string of the molecule is CCCCCCc1ccc([C@H]2C(C#N)=CC[C@@H]2CCCc2ccc(C(=O)O)s2)cc1. The number of benzene rings is 1. The van der Waals surface area contributed by atoms with Gasteiger partial charge in [0.2, 0.25) is 0 Å². The van der Waals surface area contributed by atoms with Gasteiger partial charge in [-0.1, -0.05) is 56.5 Å². The largest absolute Gasteiger partial charge is 0.477 e. The molecule has 3 nitrogen and oxygen atoms in total. The number of carboxylic acids is 1. The van der Waals surface area contributed by atoms with E-state index in [1.54, 1.807) is 6.07 Å². The number of thiophene rings is 1. The number of hydrogen-bond donors (Lipinski definition) is 1. The molecule has 158 valence electrons. The van der Waals surface area contributed by atoms with Crippen LogP contribution in [0.5, 0.6) is 0 Å². The van der Waals surface area contributed by atoms with Gasteiger partial charge in [0.1, 0.15) is 4.88 Å². The molecule has 2 aromatic rings. The molecule has 30 heavy (non-hydrogen) atoms.